The molecule has 0 aromatic heterocycles. The molecular weight excluding hydrogens is 272 g/mol. The summed E-state index contributed by atoms with van der Waals surface area (Å²) in [6, 6.07) is 0. The lowest BCUT2D eigenvalue weighted by Gasteiger charge is -2.04. The van der Waals surface area contributed by atoms with Crippen LogP contribution in [0.2, 0.25) is 0 Å². The Bertz CT molecular complexity index is 226. The van der Waals surface area contributed by atoms with Gasteiger partial charge in [0.2, 0.25) is 0 Å². The van der Waals surface area contributed by atoms with E-state index in [9.17, 15) is 0 Å². The average Bonchev–Trinajstić information content (AvgIpc) is 2.50. The minimum Gasteiger partial charge on any atom is -0.236 e. The Morgan fingerprint density at radius 3 is 1.45 bits per heavy atom. The second-order valence-electron chi connectivity index (χ2n) is 6.64. The monoisotopic (exact) mass is 312 g/mol. The third-order valence-corrected chi connectivity index (χ3v) is 3.97. The highest BCUT2D eigenvalue weighted by Gasteiger charge is 1.95. The summed E-state index contributed by atoms with van der Waals surface area (Å²) in [6.07, 6.45) is 19.4. The van der Waals surface area contributed by atoms with E-state index < -0.39 is 0 Å². The Hall–Kier alpha value is -0.340. The maximum Gasteiger partial charge on any atom is 0.103 e. The smallest absolute Gasteiger partial charge is 0.103 e. The second kappa shape index (κ2) is 18.7. The van der Waals surface area contributed by atoms with E-state index in [1.54, 1.807) is 0 Å². The van der Waals surface area contributed by atoms with Crippen molar-refractivity contribution in [2.45, 2.75) is 104 Å². The van der Waals surface area contributed by atoms with Gasteiger partial charge in [-0.2, -0.15) is 0 Å². The molecule has 0 fully saturated rings. The van der Waals surface area contributed by atoms with E-state index in [0.717, 1.165) is 12.0 Å². The van der Waals surface area contributed by atoms with Crippen LogP contribution in [-0.4, -0.2) is 13.2 Å². The van der Waals surface area contributed by atoms with Crippen LogP contribution >= 0.6 is 0 Å². The van der Waals surface area contributed by atoms with Crippen molar-refractivity contribution in [2.24, 2.45) is 0 Å². The molecule has 0 aromatic carbocycles. The van der Waals surface area contributed by atoms with Crippen molar-refractivity contribution in [3.63, 3.8) is 0 Å². The quantitative estimate of drug-likeness (QED) is 0.117. The van der Waals surface area contributed by atoms with Crippen molar-refractivity contribution in [3.8, 4) is 0 Å². The number of hydrogen-bond donors (Lipinski definition) is 0. The molecule has 0 N–H and O–H groups in total. The molecule has 22 heavy (non-hydrogen) atoms. The summed E-state index contributed by atoms with van der Waals surface area (Å²) in [7, 11) is 0. The molecule has 0 heterocycles. The van der Waals surface area contributed by atoms with Gasteiger partial charge in [-0.15, -0.1) is 0 Å². The summed E-state index contributed by atoms with van der Waals surface area (Å²) in [5.41, 5.74) is 1.00. The minimum atomic E-state index is 0.513. The van der Waals surface area contributed by atoms with Crippen molar-refractivity contribution in [2.75, 3.05) is 13.2 Å². The van der Waals surface area contributed by atoms with Crippen LogP contribution in [0.3, 0.4) is 0 Å². The largest absolute Gasteiger partial charge is 0.236 e. The molecule has 0 rings (SSSR count). The number of hydrogen-bond acceptors (Lipinski definition) is 2. The molecule has 0 unspecified atom stereocenters. The zero-order valence-corrected chi connectivity index (χ0v) is 15.3. The van der Waals surface area contributed by atoms with Gasteiger partial charge in [-0.1, -0.05) is 103 Å². The topological polar surface area (TPSA) is 18.5 Å². The second-order valence-corrected chi connectivity index (χ2v) is 6.64. The lowest BCUT2D eigenvalue weighted by molar-refractivity contribution is -0.288. The fraction of sp³-hybridized carbons (Fsp3) is 0.900. The van der Waals surface area contributed by atoms with E-state index >= 15 is 0 Å². The molecule has 2 nitrogen and oxygen atoms in total. The van der Waals surface area contributed by atoms with Gasteiger partial charge in [-0.05, 0) is 13.3 Å². The molecule has 0 saturated heterocycles. The van der Waals surface area contributed by atoms with E-state index in [1.165, 1.54) is 83.5 Å². The first-order valence-corrected chi connectivity index (χ1v) is 9.66. The zero-order valence-electron chi connectivity index (χ0n) is 15.3. The van der Waals surface area contributed by atoms with Crippen LogP contribution in [0.5, 0.6) is 0 Å². The molecule has 132 valence electrons. The molecule has 0 aliphatic carbocycles. The van der Waals surface area contributed by atoms with Crippen molar-refractivity contribution in [1.29, 1.82) is 0 Å². The Morgan fingerprint density at radius 2 is 1.05 bits per heavy atom. The summed E-state index contributed by atoms with van der Waals surface area (Å²) in [5.74, 6) is 0. The summed E-state index contributed by atoms with van der Waals surface area (Å²) in [5, 5.41) is 0. The summed E-state index contributed by atoms with van der Waals surface area (Å²) in [6.45, 7) is 9.21. The van der Waals surface area contributed by atoms with Crippen molar-refractivity contribution in [1.82, 2.24) is 0 Å². The summed E-state index contributed by atoms with van der Waals surface area (Å²) >= 11 is 0. The molecule has 0 aromatic rings. The Labute approximate surface area is 139 Å². The van der Waals surface area contributed by atoms with Crippen LogP contribution in [0.15, 0.2) is 12.2 Å². The Kier molecular flexibility index (Phi) is 18.4. The fourth-order valence-corrected chi connectivity index (χ4v) is 2.56. The predicted octanol–water partition coefficient (Wildman–Crippen LogP) is 6.99. The average molecular weight is 313 g/mol. The normalized spacial score (nSPS) is 11.0. The van der Waals surface area contributed by atoms with Gasteiger partial charge >= 0.3 is 0 Å². The zero-order chi connectivity index (χ0) is 16.3. The van der Waals surface area contributed by atoms with Crippen molar-refractivity contribution in [3.05, 3.63) is 12.2 Å². The van der Waals surface area contributed by atoms with Gasteiger partial charge in [-0.25, -0.2) is 9.78 Å². The van der Waals surface area contributed by atoms with E-state index in [1.807, 2.05) is 6.92 Å². The Morgan fingerprint density at radius 1 is 0.636 bits per heavy atom. The first-order valence-electron chi connectivity index (χ1n) is 9.66. The lowest BCUT2D eigenvalue weighted by atomic mass is 10.0. The highest BCUT2D eigenvalue weighted by Crippen LogP contribution is 2.12. The van der Waals surface area contributed by atoms with Gasteiger partial charge in [0.05, 0.1) is 6.61 Å². The number of unbranched alkanes of at least 4 members (excludes halogenated alkanes) is 13. The molecule has 0 bridgehead atoms. The van der Waals surface area contributed by atoms with E-state index in [4.69, 9.17) is 9.78 Å². The predicted molar refractivity (Wildman–Crippen MR) is 97.0 cm³/mol. The van der Waals surface area contributed by atoms with Crippen LogP contribution < -0.4 is 0 Å². The van der Waals surface area contributed by atoms with Gasteiger partial charge in [-0.3, -0.25) is 0 Å². The van der Waals surface area contributed by atoms with Gasteiger partial charge in [0.1, 0.15) is 6.61 Å². The lowest BCUT2D eigenvalue weighted by Crippen LogP contribution is -1.99. The van der Waals surface area contributed by atoms with Crippen LogP contribution in [0.4, 0.5) is 0 Å². The van der Waals surface area contributed by atoms with Crippen LogP contribution in [-0.2, 0) is 9.78 Å². The Balaban J connectivity index is 2.95. The molecule has 0 aliphatic heterocycles. The van der Waals surface area contributed by atoms with Gasteiger partial charge in [0.25, 0.3) is 0 Å². The maximum atomic E-state index is 5.09. The van der Waals surface area contributed by atoms with Crippen LogP contribution in [0, 0.1) is 0 Å². The standard InChI is InChI=1S/C20H40O2/c1-4-5-6-7-8-9-10-11-12-13-14-15-16-17-18-21-22-19-20(2)3/h2,4-19H2,1,3H3. The van der Waals surface area contributed by atoms with E-state index in [-0.39, 0.29) is 0 Å². The van der Waals surface area contributed by atoms with E-state index in [0.29, 0.717) is 13.2 Å². The van der Waals surface area contributed by atoms with Crippen molar-refractivity contribution >= 4 is 0 Å². The summed E-state index contributed by atoms with van der Waals surface area (Å²) < 4.78 is 0. The SMILES string of the molecule is C=C(C)COOCCCCCCCCCCCCCCCC. The number of rotatable bonds is 18. The minimum absolute atomic E-state index is 0.513. The highest BCUT2D eigenvalue weighted by atomic mass is 17.2. The van der Waals surface area contributed by atoms with E-state index in [2.05, 4.69) is 13.5 Å². The van der Waals surface area contributed by atoms with Gasteiger partial charge in [0, 0.05) is 0 Å². The molecule has 0 spiro atoms. The molecule has 0 saturated carbocycles. The third kappa shape index (κ3) is 19.7. The molecular formula is C20H40O2. The first kappa shape index (κ1) is 21.7. The maximum absolute atomic E-state index is 5.09. The fourth-order valence-electron chi connectivity index (χ4n) is 2.56. The molecule has 2 heteroatoms. The summed E-state index contributed by atoms with van der Waals surface area (Å²) in [4.78, 5) is 10.1. The van der Waals surface area contributed by atoms with Gasteiger partial charge < -0.3 is 0 Å². The van der Waals surface area contributed by atoms with Crippen LogP contribution in [0.1, 0.15) is 104 Å². The van der Waals surface area contributed by atoms with Crippen LogP contribution in [0.25, 0.3) is 0 Å². The van der Waals surface area contributed by atoms with Gasteiger partial charge in [0.15, 0.2) is 0 Å². The molecule has 0 radical (unpaired) electrons. The van der Waals surface area contributed by atoms with Crippen molar-refractivity contribution < 1.29 is 9.78 Å². The highest BCUT2D eigenvalue weighted by molar-refractivity contribution is 4.86. The third-order valence-electron chi connectivity index (χ3n) is 3.97. The molecule has 0 amide bonds. The molecule has 0 atom stereocenters. The molecule has 0 aliphatic rings. The first-order chi connectivity index (χ1) is 10.8.